The first-order valence-corrected chi connectivity index (χ1v) is 6.14. The van der Waals surface area contributed by atoms with Gasteiger partial charge in [-0.2, -0.15) is 0 Å². The Morgan fingerprint density at radius 2 is 2.06 bits per heavy atom. The fourth-order valence-corrected chi connectivity index (χ4v) is 2.42. The van der Waals surface area contributed by atoms with Crippen LogP contribution in [0.5, 0.6) is 0 Å². The molecule has 0 radical (unpaired) electrons. The molecule has 2 rings (SSSR count). The average Bonchev–Trinajstić information content (AvgIpc) is 2.30. The van der Waals surface area contributed by atoms with Crippen molar-refractivity contribution >= 4 is 0 Å². The maximum atomic E-state index is 10.2. The third-order valence-electron chi connectivity index (χ3n) is 3.38. The smallest absolute Gasteiger partial charge is 0.0643 e. The van der Waals surface area contributed by atoms with Crippen molar-refractivity contribution in [1.29, 1.82) is 0 Å². The maximum Gasteiger partial charge on any atom is 0.0643 e. The average molecular weight is 216 g/mol. The first-order chi connectivity index (χ1) is 7.75. The molecule has 0 bridgehead atoms. The zero-order valence-corrected chi connectivity index (χ0v) is 9.84. The molecule has 0 unspecified atom stereocenters. The number of hydrogen-bond donors (Lipinski definition) is 1. The summed E-state index contributed by atoms with van der Waals surface area (Å²) in [5, 5.41) is 10.2. The van der Waals surface area contributed by atoms with E-state index in [1.54, 1.807) is 0 Å². The summed E-state index contributed by atoms with van der Waals surface area (Å²) in [7, 11) is 0. The van der Waals surface area contributed by atoms with Crippen LogP contribution in [0.4, 0.5) is 0 Å². The molecule has 1 heteroatoms. The Hall–Kier alpha value is -1.08. The lowest BCUT2D eigenvalue weighted by molar-refractivity contribution is 0.114. The molecule has 0 aromatic heterocycles. The van der Waals surface area contributed by atoms with Crippen LogP contribution >= 0.6 is 0 Å². The lowest BCUT2D eigenvalue weighted by Crippen LogP contribution is -2.25. The standard InChI is InChI=1S/C15H20O/c1-12-6-5-9-14(10-12)15(16)11-13-7-3-2-4-8-13/h2-5,7-9,12,14-16H,6,10-11H2,1H3/t12-,14-,15-/m0/s1. The summed E-state index contributed by atoms with van der Waals surface area (Å²) in [6.07, 6.45) is 7.21. The van der Waals surface area contributed by atoms with Crippen LogP contribution in [0.3, 0.4) is 0 Å². The first kappa shape index (κ1) is 11.4. The number of aliphatic hydroxyl groups excluding tert-OH is 1. The monoisotopic (exact) mass is 216 g/mol. The molecule has 0 heterocycles. The third-order valence-corrected chi connectivity index (χ3v) is 3.38. The van der Waals surface area contributed by atoms with E-state index in [-0.39, 0.29) is 6.10 Å². The molecule has 1 aromatic carbocycles. The van der Waals surface area contributed by atoms with Crippen molar-refractivity contribution in [3.63, 3.8) is 0 Å². The van der Waals surface area contributed by atoms with Crippen LogP contribution in [0.2, 0.25) is 0 Å². The Bertz CT molecular complexity index is 342. The molecular formula is C15H20O. The molecule has 0 saturated carbocycles. The fourth-order valence-electron chi connectivity index (χ4n) is 2.42. The molecule has 0 spiro atoms. The number of aliphatic hydroxyl groups is 1. The highest BCUT2D eigenvalue weighted by molar-refractivity contribution is 5.16. The Morgan fingerprint density at radius 1 is 1.31 bits per heavy atom. The summed E-state index contributed by atoms with van der Waals surface area (Å²) in [5.41, 5.74) is 1.22. The molecule has 86 valence electrons. The van der Waals surface area contributed by atoms with Crippen LogP contribution in [0.15, 0.2) is 42.5 Å². The van der Waals surface area contributed by atoms with Crippen LogP contribution < -0.4 is 0 Å². The summed E-state index contributed by atoms with van der Waals surface area (Å²) < 4.78 is 0. The van der Waals surface area contributed by atoms with Gasteiger partial charge < -0.3 is 5.11 Å². The summed E-state index contributed by atoms with van der Waals surface area (Å²) in [4.78, 5) is 0. The normalized spacial score (nSPS) is 26.6. The van der Waals surface area contributed by atoms with Gasteiger partial charge >= 0.3 is 0 Å². The van der Waals surface area contributed by atoms with Gasteiger partial charge in [0.25, 0.3) is 0 Å². The molecule has 0 amide bonds. The molecule has 0 fully saturated rings. The van der Waals surface area contributed by atoms with Crippen molar-refractivity contribution in [2.45, 2.75) is 32.3 Å². The third kappa shape index (κ3) is 2.96. The number of benzene rings is 1. The Balaban J connectivity index is 1.95. The zero-order valence-electron chi connectivity index (χ0n) is 9.84. The number of hydrogen-bond acceptors (Lipinski definition) is 1. The summed E-state index contributed by atoms with van der Waals surface area (Å²) in [6, 6.07) is 10.2. The first-order valence-electron chi connectivity index (χ1n) is 6.14. The van der Waals surface area contributed by atoms with Crippen molar-refractivity contribution in [2.24, 2.45) is 11.8 Å². The van der Waals surface area contributed by atoms with Gasteiger partial charge in [-0.1, -0.05) is 49.4 Å². The van der Waals surface area contributed by atoms with Gasteiger partial charge in [-0.05, 0) is 30.7 Å². The van der Waals surface area contributed by atoms with Crippen LogP contribution in [0.1, 0.15) is 25.3 Å². The van der Waals surface area contributed by atoms with Gasteiger partial charge in [0.15, 0.2) is 0 Å². The minimum absolute atomic E-state index is 0.235. The quantitative estimate of drug-likeness (QED) is 0.769. The molecule has 0 saturated heterocycles. The topological polar surface area (TPSA) is 20.2 Å². The number of allylic oxidation sites excluding steroid dienone is 1. The van der Waals surface area contributed by atoms with E-state index >= 15 is 0 Å². The molecule has 16 heavy (non-hydrogen) atoms. The Labute approximate surface area is 97.8 Å². The van der Waals surface area contributed by atoms with Crippen LogP contribution in [-0.2, 0) is 6.42 Å². The van der Waals surface area contributed by atoms with E-state index in [1.165, 1.54) is 5.56 Å². The second kappa shape index (κ2) is 5.31. The van der Waals surface area contributed by atoms with Gasteiger partial charge in [-0.15, -0.1) is 0 Å². The van der Waals surface area contributed by atoms with Crippen LogP contribution in [0, 0.1) is 11.8 Å². The van der Waals surface area contributed by atoms with E-state index in [9.17, 15) is 5.11 Å². The van der Waals surface area contributed by atoms with E-state index in [0.717, 1.165) is 19.3 Å². The second-order valence-corrected chi connectivity index (χ2v) is 4.93. The van der Waals surface area contributed by atoms with Crippen molar-refractivity contribution in [3.05, 3.63) is 48.0 Å². The molecule has 3 atom stereocenters. The Morgan fingerprint density at radius 3 is 2.75 bits per heavy atom. The summed E-state index contributed by atoms with van der Waals surface area (Å²) in [6.45, 7) is 2.26. The summed E-state index contributed by atoms with van der Waals surface area (Å²) in [5.74, 6) is 1.05. The van der Waals surface area contributed by atoms with Crippen molar-refractivity contribution < 1.29 is 5.11 Å². The number of rotatable bonds is 3. The predicted molar refractivity (Wildman–Crippen MR) is 67.2 cm³/mol. The second-order valence-electron chi connectivity index (χ2n) is 4.93. The Kier molecular flexibility index (Phi) is 3.79. The van der Waals surface area contributed by atoms with E-state index in [4.69, 9.17) is 0 Å². The highest BCUT2D eigenvalue weighted by atomic mass is 16.3. The van der Waals surface area contributed by atoms with Crippen LogP contribution in [-0.4, -0.2) is 11.2 Å². The fraction of sp³-hybridized carbons (Fsp3) is 0.467. The minimum Gasteiger partial charge on any atom is -0.392 e. The van der Waals surface area contributed by atoms with Gasteiger partial charge in [0, 0.05) is 5.92 Å². The van der Waals surface area contributed by atoms with E-state index < -0.39 is 0 Å². The highest BCUT2D eigenvalue weighted by Crippen LogP contribution is 2.26. The van der Waals surface area contributed by atoms with Gasteiger partial charge in [0.2, 0.25) is 0 Å². The lowest BCUT2D eigenvalue weighted by atomic mass is 9.83. The van der Waals surface area contributed by atoms with Gasteiger partial charge in [-0.25, -0.2) is 0 Å². The molecule has 0 aliphatic heterocycles. The molecular weight excluding hydrogens is 196 g/mol. The largest absolute Gasteiger partial charge is 0.392 e. The lowest BCUT2D eigenvalue weighted by Gasteiger charge is -2.26. The summed E-state index contributed by atoms with van der Waals surface area (Å²) >= 11 is 0. The van der Waals surface area contributed by atoms with Gasteiger partial charge in [0.1, 0.15) is 0 Å². The van der Waals surface area contributed by atoms with Crippen molar-refractivity contribution in [3.8, 4) is 0 Å². The van der Waals surface area contributed by atoms with Crippen LogP contribution in [0.25, 0.3) is 0 Å². The minimum atomic E-state index is -0.235. The molecule has 1 N–H and O–H groups in total. The van der Waals surface area contributed by atoms with Gasteiger partial charge in [0.05, 0.1) is 6.10 Å². The van der Waals surface area contributed by atoms with Crippen molar-refractivity contribution in [1.82, 2.24) is 0 Å². The zero-order chi connectivity index (χ0) is 11.4. The highest BCUT2D eigenvalue weighted by Gasteiger charge is 2.21. The van der Waals surface area contributed by atoms with Gasteiger partial charge in [-0.3, -0.25) is 0 Å². The van der Waals surface area contributed by atoms with E-state index in [1.807, 2.05) is 18.2 Å². The maximum absolute atomic E-state index is 10.2. The molecule has 1 aliphatic carbocycles. The molecule has 1 aromatic rings. The predicted octanol–water partition coefficient (Wildman–Crippen LogP) is 3.19. The van der Waals surface area contributed by atoms with E-state index in [2.05, 4.69) is 31.2 Å². The molecule has 1 aliphatic rings. The van der Waals surface area contributed by atoms with E-state index in [0.29, 0.717) is 11.8 Å². The SMILES string of the molecule is C[C@H]1CC=C[C@H]([C@@H](O)Cc2ccccc2)C1. The molecule has 1 nitrogen and oxygen atoms in total. The van der Waals surface area contributed by atoms with Crippen molar-refractivity contribution in [2.75, 3.05) is 0 Å².